The zero-order valence-corrected chi connectivity index (χ0v) is 16.8. The average molecular weight is 417 g/mol. The SMILES string of the molecule is CC1(CN)CCN(S(=O)(=O)c2ccc(Oc3ccccc3Cl)cc2)C1.Cl. The van der Waals surface area contributed by atoms with Gasteiger partial charge in [0, 0.05) is 13.1 Å². The van der Waals surface area contributed by atoms with Gasteiger partial charge in [-0.05, 0) is 54.8 Å². The normalized spacial score (nSPS) is 20.6. The Morgan fingerprint density at radius 3 is 2.42 bits per heavy atom. The Hall–Kier alpha value is -1.31. The van der Waals surface area contributed by atoms with Crippen LogP contribution in [-0.4, -0.2) is 32.4 Å². The molecule has 0 amide bonds. The molecule has 2 N–H and O–H groups in total. The molecule has 0 bridgehead atoms. The summed E-state index contributed by atoms with van der Waals surface area (Å²) in [6, 6.07) is 13.5. The Morgan fingerprint density at radius 2 is 1.85 bits per heavy atom. The molecule has 2 aromatic rings. The molecule has 1 saturated heterocycles. The second-order valence-corrected chi connectivity index (χ2v) is 8.95. The van der Waals surface area contributed by atoms with Crippen LogP contribution < -0.4 is 10.5 Å². The Balaban J connectivity index is 0.00000243. The standard InChI is InChI=1S/C18H21ClN2O3S.ClH/c1-18(12-20)10-11-21(13-18)25(22,23)15-8-6-14(7-9-15)24-17-5-3-2-4-16(17)19;/h2-9H,10-13,20H2,1H3;1H. The van der Waals surface area contributed by atoms with Crippen molar-refractivity contribution in [1.29, 1.82) is 0 Å². The van der Waals surface area contributed by atoms with E-state index in [0.29, 0.717) is 36.2 Å². The van der Waals surface area contributed by atoms with Crippen LogP contribution in [0.5, 0.6) is 11.5 Å². The molecule has 26 heavy (non-hydrogen) atoms. The Bertz CT molecular complexity index is 859. The zero-order valence-electron chi connectivity index (χ0n) is 14.4. The highest BCUT2D eigenvalue weighted by Gasteiger charge is 2.38. The van der Waals surface area contributed by atoms with Gasteiger partial charge in [0.15, 0.2) is 0 Å². The van der Waals surface area contributed by atoms with E-state index < -0.39 is 10.0 Å². The molecule has 3 rings (SSSR count). The summed E-state index contributed by atoms with van der Waals surface area (Å²) in [5.41, 5.74) is 5.62. The predicted molar refractivity (Wildman–Crippen MR) is 106 cm³/mol. The third-order valence-corrected chi connectivity index (χ3v) is 6.71. The smallest absolute Gasteiger partial charge is 0.243 e. The molecule has 0 spiro atoms. The number of sulfonamides is 1. The fraction of sp³-hybridized carbons (Fsp3) is 0.333. The second-order valence-electron chi connectivity index (χ2n) is 6.61. The summed E-state index contributed by atoms with van der Waals surface area (Å²) in [6.45, 7) is 3.43. The number of para-hydroxylation sites is 1. The number of hydrogen-bond acceptors (Lipinski definition) is 4. The van der Waals surface area contributed by atoms with Crippen molar-refractivity contribution in [2.24, 2.45) is 11.1 Å². The van der Waals surface area contributed by atoms with Crippen molar-refractivity contribution in [3.8, 4) is 11.5 Å². The van der Waals surface area contributed by atoms with E-state index >= 15 is 0 Å². The highest BCUT2D eigenvalue weighted by Crippen LogP contribution is 2.33. The fourth-order valence-electron chi connectivity index (χ4n) is 2.83. The summed E-state index contributed by atoms with van der Waals surface area (Å²) in [5, 5.41) is 0.498. The van der Waals surface area contributed by atoms with E-state index in [1.165, 1.54) is 4.31 Å². The topological polar surface area (TPSA) is 72.6 Å². The van der Waals surface area contributed by atoms with Crippen LogP contribution in [0.3, 0.4) is 0 Å². The maximum Gasteiger partial charge on any atom is 0.243 e. The third kappa shape index (κ3) is 4.32. The summed E-state index contributed by atoms with van der Waals surface area (Å²) in [4.78, 5) is 0.250. The summed E-state index contributed by atoms with van der Waals surface area (Å²) in [6.07, 6.45) is 0.774. The van der Waals surface area contributed by atoms with E-state index in [2.05, 4.69) is 0 Å². The van der Waals surface area contributed by atoms with Crippen LogP contribution in [0.2, 0.25) is 5.02 Å². The van der Waals surface area contributed by atoms with Gasteiger partial charge in [-0.2, -0.15) is 4.31 Å². The minimum absolute atomic E-state index is 0. The van der Waals surface area contributed by atoms with Crippen LogP contribution in [0.15, 0.2) is 53.4 Å². The molecule has 0 radical (unpaired) electrons. The number of nitrogens with zero attached hydrogens (tertiary/aromatic N) is 1. The summed E-state index contributed by atoms with van der Waals surface area (Å²) < 4.78 is 32.8. The number of rotatable bonds is 5. The van der Waals surface area contributed by atoms with Gasteiger partial charge in [0.25, 0.3) is 0 Å². The molecule has 0 aromatic heterocycles. The molecule has 0 saturated carbocycles. The Labute approximate surface area is 165 Å². The van der Waals surface area contributed by atoms with Gasteiger partial charge in [-0.3, -0.25) is 0 Å². The zero-order chi connectivity index (χ0) is 18.1. The minimum atomic E-state index is -3.52. The Kier molecular flexibility index (Phi) is 6.58. The van der Waals surface area contributed by atoms with Gasteiger partial charge in [-0.1, -0.05) is 30.7 Å². The van der Waals surface area contributed by atoms with Crippen LogP contribution in [0, 0.1) is 5.41 Å². The van der Waals surface area contributed by atoms with Crippen LogP contribution in [0.4, 0.5) is 0 Å². The molecule has 1 fully saturated rings. The van der Waals surface area contributed by atoms with Gasteiger partial charge < -0.3 is 10.5 Å². The van der Waals surface area contributed by atoms with Crippen molar-refractivity contribution in [2.75, 3.05) is 19.6 Å². The quantitative estimate of drug-likeness (QED) is 0.801. The molecule has 0 aliphatic carbocycles. The lowest BCUT2D eigenvalue weighted by Gasteiger charge is -2.22. The number of ether oxygens (including phenoxy) is 1. The molecule has 1 atom stereocenters. The molecular formula is C18H22Cl2N2O3S. The summed E-state index contributed by atoms with van der Waals surface area (Å²) >= 11 is 6.07. The molecular weight excluding hydrogens is 395 g/mol. The highest BCUT2D eigenvalue weighted by atomic mass is 35.5. The first-order chi connectivity index (χ1) is 11.8. The molecule has 1 aliphatic heterocycles. The van der Waals surface area contributed by atoms with Gasteiger partial charge in [0.2, 0.25) is 10.0 Å². The molecule has 1 aliphatic rings. The van der Waals surface area contributed by atoms with Crippen molar-refractivity contribution >= 4 is 34.0 Å². The number of hydrogen-bond donors (Lipinski definition) is 1. The van der Waals surface area contributed by atoms with Gasteiger partial charge in [-0.15, -0.1) is 12.4 Å². The van der Waals surface area contributed by atoms with Crippen LogP contribution in [0.25, 0.3) is 0 Å². The first-order valence-corrected chi connectivity index (χ1v) is 9.89. The molecule has 5 nitrogen and oxygen atoms in total. The van der Waals surface area contributed by atoms with Crippen LogP contribution in [-0.2, 0) is 10.0 Å². The lowest BCUT2D eigenvalue weighted by molar-refractivity contribution is 0.349. The van der Waals surface area contributed by atoms with Gasteiger partial charge in [0.05, 0.1) is 9.92 Å². The van der Waals surface area contributed by atoms with Crippen molar-refractivity contribution in [3.05, 3.63) is 53.6 Å². The Morgan fingerprint density at radius 1 is 1.19 bits per heavy atom. The molecule has 8 heteroatoms. The lowest BCUT2D eigenvalue weighted by atomic mass is 9.90. The van der Waals surface area contributed by atoms with E-state index in [1.54, 1.807) is 36.4 Å². The van der Waals surface area contributed by atoms with Crippen molar-refractivity contribution in [1.82, 2.24) is 4.31 Å². The maximum absolute atomic E-state index is 12.8. The largest absolute Gasteiger partial charge is 0.456 e. The van der Waals surface area contributed by atoms with Crippen molar-refractivity contribution < 1.29 is 13.2 Å². The minimum Gasteiger partial charge on any atom is -0.456 e. The van der Waals surface area contributed by atoms with Gasteiger partial charge >= 0.3 is 0 Å². The van der Waals surface area contributed by atoms with Gasteiger partial charge in [-0.25, -0.2) is 8.42 Å². The highest BCUT2D eigenvalue weighted by molar-refractivity contribution is 7.89. The number of halogens is 2. The fourth-order valence-corrected chi connectivity index (χ4v) is 4.60. The van der Waals surface area contributed by atoms with E-state index in [-0.39, 0.29) is 22.7 Å². The summed E-state index contributed by atoms with van der Waals surface area (Å²) in [7, 11) is -3.52. The molecule has 1 unspecified atom stereocenters. The average Bonchev–Trinajstić information content (AvgIpc) is 3.01. The summed E-state index contributed by atoms with van der Waals surface area (Å²) in [5.74, 6) is 1.05. The van der Waals surface area contributed by atoms with Crippen molar-refractivity contribution in [3.63, 3.8) is 0 Å². The first-order valence-electron chi connectivity index (χ1n) is 8.07. The molecule has 1 heterocycles. The lowest BCUT2D eigenvalue weighted by Crippen LogP contribution is -2.34. The number of benzene rings is 2. The molecule has 142 valence electrons. The van der Waals surface area contributed by atoms with Crippen molar-refractivity contribution in [2.45, 2.75) is 18.2 Å². The van der Waals surface area contributed by atoms with E-state index in [4.69, 9.17) is 22.1 Å². The van der Waals surface area contributed by atoms with Crippen LogP contribution >= 0.6 is 24.0 Å². The second kappa shape index (κ2) is 8.15. The van der Waals surface area contributed by atoms with Crippen LogP contribution in [0.1, 0.15) is 13.3 Å². The van der Waals surface area contributed by atoms with E-state index in [1.807, 2.05) is 19.1 Å². The van der Waals surface area contributed by atoms with E-state index in [0.717, 1.165) is 6.42 Å². The monoisotopic (exact) mass is 416 g/mol. The predicted octanol–water partition coefficient (Wildman–Crippen LogP) is 3.91. The maximum atomic E-state index is 12.8. The van der Waals surface area contributed by atoms with E-state index in [9.17, 15) is 8.42 Å². The molecule has 2 aromatic carbocycles. The third-order valence-electron chi connectivity index (χ3n) is 4.54. The van der Waals surface area contributed by atoms with Gasteiger partial charge in [0.1, 0.15) is 11.5 Å². The number of nitrogens with two attached hydrogens (primary N) is 1. The first kappa shape index (κ1) is 21.0.